The SMILES string of the molecule is Cc1noc(C)c1C(=O)N1CC[C@@H](c2cc3ncccc3c(=O)[nH]2)C1. The number of fused-ring (bicyclic) bond motifs is 1. The van der Waals surface area contributed by atoms with Crippen molar-refractivity contribution >= 4 is 16.8 Å². The van der Waals surface area contributed by atoms with E-state index in [0.29, 0.717) is 41.0 Å². The van der Waals surface area contributed by atoms with Crippen LogP contribution in [0.2, 0.25) is 0 Å². The van der Waals surface area contributed by atoms with Gasteiger partial charge >= 0.3 is 0 Å². The number of carbonyl (C=O) groups is 1. The first-order valence-corrected chi connectivity index (χ1v) is 8.24. The van der Waals surface area contributed by atoms with Crippen LogP contribution in [-0.2, 0) is 0 Å². The molecule has 1 aliphatic rings. The summed E-state index contributed by atoms with van der Waals surface area (Å²) in [4.78, 5) is 34.0. The summed E-state index contributed by atoms with van der Waals surface area (Å²) in [5.41, 5.74) is 2.50. The highest BCUT2D eigenvalue weighted by atomic mass is 16.5. The van der Waals surface area contributed by atoms with E-state index in [1.54, 1.807) is 37.1 Å². The molecule has 7 nitrogen and oxygen atoms in total. The largest absolute Gasteiger partial charge is 0.361 e. The van der Waals surface area contributed by atoms with E-state index >= 15 is 0 Å². The van der Waals surface area contributed by atoms with Crippen molar-refractivity contribution in [2.75, 3.05) is 13.1 Å². The second kappa shape index (κ2) is 5.84. The maximum absolute atomic E-state index is 12.7. The van der Waals surface area contributed by atoms with Crippen LogP contribution < -0.4 is 5.56 Å². The summed E-state index contributed by atoms with van der Waals surface area (Å²) in [5.74, 6) is 0.554. The minimum atomic E-state index is -0.142. The van der Waals surface area contributed by atoms with Crippen LogP contribution in [0.25, 0.3) is 10.9 Å². The van der Waals surface area contributed by atoms with Crippen LogP contribution in [0.4, 0.5) is 0 Å². The zero-order valence-corrected chi connectivity index (χ0v) is 14.1. The molecule has 1 atom stereocenters. The van der Waals surface area contributed by atoms with E-state index in [-0.39, 0.29) is 17.4 Å². The number of aromatic amines is 1. The number of H-pyrrole nitrogens is 1. The Bertz CT molecular complexity index is 1000. The highest BCUT2D eigenvalue weighted by molar-refractivity contribution is 5.96. The first-order chi connectivity index (χ1) is 12.0. The summed E-state index contributed by atoms with van der Waals surface area (Å²) in [7, 11) is 0. The van der Waals surface area contributed by atoms with Gasteiger partial charge < -0.3 is 14.4 Å². The Hall–Kier alpha value is -2.96. The Morgan fingerprint density at radius 3 is 3.00 bits per heavy atom. The van der Waals surface area contributed by atoms with Gasteiger partial charge in [0.1, 0.15) is 11.3 Å². The van der Waals surface area contributed by atoms with Crippen molar-refractivity contribution in [1.29, 1.82) is 0 Å². The molecule has 0 saturated carbocycles. The van der Waals surface area contributed by atoms with E-state index < -0.39 is 0 Å². The monoisotopic (exact) mass is 338 g/mol. The minimum Gasteiger partial charge on any atom is -0.361 e. The van der Waals surface area contributed by atoms with Crippen LogP contribution in [0.1, 0.15) is 39.8 Å². The number of likely N-dealkylation sites (tertiary alicyclic amines) is 1. The maximum atomic E-state index is 12.7. The van der Waals surface area contributed by atoms with Crippen molar-refractivity contribution in [1.82, 2.24) is 20.0 Å². The Kier molecular flexibility index (Phi) is 3.63. The molecule has 1 N–H and O–H groups in total. The van der Waals surface area contributed by atoms with E-state index in [1.165, 1.54) is 0 Å². The van der Waals surface area contributed by atoms with Gasteiger partial charge in [0.2, 0.25) is 0 Å². The number of pyridine rings is 2. The van der Waals surface area contributed by atoms with Crippen LogP contribution in [0.5, 0.6) is 0 Å². The van der Waals surface area contributed by atoms with Crippen LogP contribution >= 0.6 is 0 Å². The molecule has 4 heterocycles. The van der Waals surface area contributed by atoms with Crippen molar-refractivity contribution in [3.63, 3.8) is 0 Å². The molecule has 0 radical (unpaired) electrons. The first kappa shape index (κ1) is 15.6. The van der Waals surface area contributed by atoms with Crippen molar-refractivity contribution in [2.45, 2.75) is 26.2 Å². The number of hydrogen-bond donors (Lipinski definition) is 1. The molecule has 3 aromatic heterocycles. The van der Waals surface area contributed by atoms with E-state index in [9.17, 15) is 9.59 Å². The predicted molar refractivity (Wildman–Crippen MR) is 91.6 cm³/mol. The molecule has 0 aromatic carbocycles. The standard InChI is InChI=1S/C18H18N4O3/c1-10-16(11(2)25-21-10)18(24)22-7-5-12(9-22)14-8-15-13(17(23)20-14)4-3-6-19-15/h3-4,6,8,12H,5,7,9H2,1-2H3,(H,20,23)/t12-/m1/s1. The number of rotatable bonds is 2. The molecule has 1 fully saturated rings. The number of nitrogens with one attached hydrogen (secondary N) is 1. The van der Waals surface area contributed by atoms with Gasteiger partial charge in [0.05, 0.1) is 16.6 Å². The van der Waals surface area contributed by atoms with Crippen molar-refractivity contribution < 1.29 is 9.32 Å². The minimum absolute atomic E-state index is 0.0694. The van der Waals surface area contributed by atoms with Gasteiger partial charge in [-0.1, -0.05) is 5.16 Å². The lowest BCUT2D eigenvalue weighted by atomic mass is 10.0. The molecule has 25 heavy (non-hydrogen) atoms. The summed E-state index contributed by atoms with van der Waals surface area (Å²) in [5, 5.41) is 4.43. The number of aryl methyl sites for hydroxylation is 2. The summed E-state index contributed by atoms with van der Waals surface area (Å²) < 4.78 is 5.10. The second-order valence-corrected chi connectivity index (χ2v) is 6.43. The third-order valence-corrected chi connectivity index (χ3v) is 4.80. The van der Waals surface area contributed by atoms with E-state index in [1.807, 2.05) is 6.07 Å². The molecule has 0 spiro atoms. The van der Waals surface area contributed by atoms with Crippen molar-refractivity contribution in [2.24, 2.45) is 0 Å². The zero-order chi connectivity index (χ0) is 17.6. The molecule has 128 valence electrons. The van der Waals surface area contributed by atoms with Gasteiger partial charge in [0.15, 0.2) is 0 Å². The van der Waals surface area contributed by atoms with Gasteiger partial charge in [-0.3, -0.25) is 14.6 Å². The lowest BCUT2D eigenvalue weighted by Gasteiger charge is -2.16. The number of carbonyl (C=O) groups excluding carboxylic acids is 1. The van der Waals surface area contributed by atoms with Crippen molar-refractivity contribution in [3.05, 3.63) is 57.5 Å². The van der Waals surface area contributed by atoms with Gasteiger partial charge in [0.25, 0.3) is 11.5 Å². The second-order valence-electron chi connectivity index (χ2n) is 6.43. The van der Waals surface area contributed by atoms with E-state index in [4.69, 9.17) is 4.52 Å². The maximum Gasteiger partial charge on any atom is 0.259 e. The molecule has 0 bridgehead atoms. The molecular weight excluding hydrogens is 320 g/mol. The normalized spacial score (nSPS) is 17.4. The number of nitrogens with zero attached hydrogens (tertiary/aromatic N) is 3. The summed E-state index contributed by atoms with van der Waals surface area (Å²) >= 11 is 0. The van der Waals surface area contributed by atoms with Crippen LogP contribution in [0.15, 0.2) is 33.7 Å². The number of hydrogen-bond acceptors (Lipinski definition) is 5. The lowest BCUT2D eigenvalue weighted by molar-refractivity contribution is 0.0788. The molecule has 0 aliphatic carbocycles. The Morgan fingerprint density at radius 1 is 1.40 bits per heavy atom. The molecule has 1 saturated heterocycles. The van der Waals surface area contributed by atoms with E-state index in [2.05, 4.69) is 15.1 Å². The smallest absolute Gasteiger partial charge is 0.259 e. The third-order valence-electron chi connectivity index (χ3n) is 4.80. The topological polar surface area (TPSA) is 92.1 Å². The summed E-state index contributed by atoms with van der Waals surface area (Å²) in [6.07, 6.45) is 2.47. The fraction of sp³-hybridized carbons (Fsp3) is 0.333. The van der Waals surface area contributed by atoms with Gasteiger partial charge in [-0.25, -0.2) is 0 Å². The zero-order valence-electron chi connectivity index (χ0n) is 14.1. The number of aromatic nitrogens is 3. The third kappa shape index (κ3) is 2.61. The Labute approximate surface area is 143 Å². The Morgan fingerprint density at radius 2 is 2.24 bits per heavy atom. The molecule has 1 aliphatic heterocycles. The fourth-order valence-electron chi connectivity index (χ4n) is 3.47. The highest BCUT2D eigenvalue weighted by Crippen LogP contribution is 2.28. The Balaban J connectivity index is 1.61. The quantitative estimate of drug-likeness (QED) is 0.773. The predicted octanol–water partition coefficient (Wildman–Crippen LogP) is 2.16. The van der Waals surface area contributed by atoms with Crippen LogP contribution in [-0.4, -0.2) is 39.0 Å². The molecule has 4 rings (SSSR count). The lowest BCUT2D eigenvalue weighted by Crippen LogP contribution is -2.29. The van der Waals surface area contributed by atoms with Gasteiger partial charge in [-0.15, -0.1) is 0 Å². The highest BCUT2D eigenvalue weighted by Gasteiger charge is 2.31. The molecular formula is C18H18N4O3. The average Bonchev–Trinajstić information content (AvgIpc) is 3.22. The molecule has 0 unspecified atom stereocenters. The molecule has 3 aromatic rings. The average molecular weight is 338 g/mol. The fourth-order valence-corrected chi connectivity index (χ4v) is 3.47. The summed E-state index contributed by atoms with van der Waals surface area (Å²) in [6, 6.07) is 5.41. The molecule has 1 amide bonds. The van der Waals surface area contributed by atoms with Crippen molar-refractivity contribution in [3.8, 4) is 0 Å². The van der Waals surface area contributed by atoms with Crippen LogP contribution in [0, 0.1) is 13.8 Å². The summed E-state index contributed by atoms with van der Waals surface area (Å²) in [6.45, 7) is 4.70. The van der Waals surface area contributed by atoms with E-state index in [0.717, 1.165) is 12.1 Å². The van der Waals surface area contributed by atoms with Gasteiger partial charge in [-0.2, -0.15) is 0 Å². The van der Waals surface area contributed by atoms with Gasteiger partial charge in [-0.05, 0) is 38.5 Å². The number of amides is 1. The van der Waals surface area contributed by atoms with Crippen LogP contribution in [0.3, 0.4) is 0 Å². The first-order valence-electron chi connectivity index (χ1n) is 8.24. The van der Waals surface area contributed by atoms with Gasteiger partial charge in [0, 0.05) is 30.9 Å². The molecule has 7 heteroatoms.